The molecule has 7 nitrogen and oxygen atoms in total. The number of piperidine rings is 1. The summed E-state index contributed by atoms with van der Waals surface area (Å²) >= 11 is 0. The maximum absolute atomic E-state index is 13.2. The first kappa shape index (κ1) is 23.8. The van der Waals surface area contributed by atoms with Crippen molar-refractivity contribution in [3.05, 3.63) is 59.7 Å². The molecule has 180 valence electrons. The molecule has 0 saturated carbocycles. The zero-order valence-electron chi connectivity index (χ0n) is 19.7. The molecular weight excluding hydrogens is 432 g/mol. The summed E-state index contributed by atoms with van der Waals surface area (Å²) in [5, 5.41) is 12.3. The third kappa shape index (κ3) is 4.65. The fourth-order valence-electron chi connectivity index (χ4n) is 5.23. The Balaban J connectivity index is 1.40. The Morgan fingerprint density at radius 3 is 2.24 bits per heavy atom. The van der Waals surface area contributed by atoms with Gasteiger partial charge in [0.25, 0.3) is 0 Å². The number of nitrogens with one attached hydrogen (secondary N) is 1. The first-order valence-electron chi connectivity index (χ1n) is 12.1. The first-order chi connectivity index (χ1) is 16.4. The second kappa shape index (κ2) is 10.3. The van der Waals surface area contributed by atoms with Gasteiger partial charge in [-0.3, -0.25) is 4.79 Å². The van der Waals surface area contributed by atoms with Crippen LogP contribution in [0, 0.1) is 5.92 Å². The van der Waals surface area contributed by atoms with Gasteiger partial charge in [-0.2, -0.15) is 0 Å². The second-order valence-corrected chi connectivity index (χ2v) is 9.12. The number of carbonyl (C=O) groups excluding carboxylic acids is 2. The minimum Gasteiger partial charge on any atom is -0.480 e. The fourth-order valence-corrected chi connectivity index (χ4v) is 5.23. The molecule has 34 heavy (non-hydrogen) atoms. The number of alkyl carbamates (subject to hydrolysis) is 1. The number of amides is 2. The number of rotatable bonds is 7. The van der Waals surface area contributed by atoms with Gasteiger partial charge < -0.3 is 20.1 Å². The van der Waals surface area contributed by atoms with E-state index < -0.39 is 24.1 Å². The van der Waals surface area contributed by atoms with Crippen LogP contribution in [0.25, 0.3) is 11.1 Å². The number of nitrogens with zero attached hydrogens (tertiary/aromatic N) is 1. The molecule has 1 heterocycles. The van der Waals surface area contributed by atoms with E-state index in [9.17, 15) is 19.5 Å². The van der Waals surface area contributed by atoms with Crippen LogP contribution in [-0.4, -0.2) is 53.2 Å². The third-order valence-electron chi connectivity index (χ3n) is 7.20. The van der Waals surface area contributed by atoms with Crippen LogP contribution in [0.15, 0.2) is 48.5 Å². The molecule has 0 bridgehead atoms. The fraction of sp³-hybridized carbons (Fsp3) is 0.444. The van der Waals surface area contributed by atoms with Crippen LogP contribution in [0.4, 0.5) is 4.79 Å². The van der Waals surface area contributed by atoms with Gasteiger partial charge in [-0.05, 0) is 47.4 Å². The van der Waals surface area contributed by atoms with Gasteiger partial charge in [-0.25, -0.2) is 9.59 Å². The standard InChI is InChI=1S/C27H32N2O5/c1-3-17-13-14-29(24(15-17)26(31)32)25(30)23(4-2)28-27(33)34-16-22-20-11-7-5-9-18(20)19-10-6-8-12-21(19)22/h5-12,17,22-24H,3-4,13-16H2,1-2H3,(H,28,33)(H,31,32)/t17?,23-,24?/m1/s1. The summed E-state index contributed by atoms with van der Waals surface area (Å²) < 4.78 is 5.58. The summed E-state index contributed by atoms with van der Waals surface area (Å²) in [5.74, 6) is -1.14. The molecule has 2 unspecified atom stereocenters. The lowest BCUT2D eigenvalue weighted by Gasteiger charge is -2.38. The van der Waals surface area contributed by atoms with Crippen molar-refractivity contribution in [3.63, 3.8) is 0 Å². The van der Waals surface area contributed by atoms with Gasteiger partial charge in [0.1, 0.15) is 18.7 Å². The van der Waals surface area contributed by atoms with E-state index in [1.54, 1.807) is 6.92 Å². The number of aliphatic carboxylic acids is 1. The Morgan fingerprint density at radius 2 is 1.68 bits per heavy atom. The van der Waals surface area contributed by atoms with Gasteiger partial charge >= 0.3 is 12.1 Å². The molecule has 2 amide bonds. The number of likely N-dealkylation sites (tertiary alicyclic amines) is 1. The molecule has 3 atom stereocenters. The number of benzene rings is 2. The van der Waals surface area contributed by atoms with Crippen molar-refractivity contribution < 1.29 is 24.2 Å². The summed E-state index contributed by atoms with van der Waals surface area (Å²) in [7, 11) is 0. The van der Waals surface area contributed by atoms with E-state index in [4.69, 9.17) is 4.74 Å². The van der Waals surface area contributed by atoms with E-state index in [1.807, 2.05) is 43.3 Å². The van der Waals surface area contributed by atoms with Gasteiger partial charge in [-0.1, -0.05) is 68.8 Å². The van der Waals surface area contributed by atoms with Crippen molar-refractivity contribution >= 4 is 18.0 Å². The monoisotopic (exact) mass is 464 g/mol. The largest absolute Gasteiger partial charge is 0.480 e. The van der Waals surface area contributed by atoms with Crippen molar-refractivity contribution in [3.8, 4) is 11.1 Å². The molecule has 0 spiro atoms. The van der Waals surface area contributed by atoms with Crippen molar-refractivity contribution in [1.29, 1.82) is 0 Å². The van der Waals surface area contributed by atoms with Crippen LogP contribution in [0.3, 0.4) is 0 Å². The first-order valence-corrected chi connectivity index (χ1v) is 12.1. The van der Waals surface area contributed by atoms with E-state index in [1.165, 1.54) is 4.90 Å². The molecule has 2 aromatic carbocycles. The normalized spacial score (nSPS) is 20.2. The van der Waals surface area contributed by atoms with Gasteiger partial charge in [0.05, 0.1) is 0 Å². The Hall–Kier alpha value is -3.35. The average molecular weight is 465 g/mol. The smallest absolute Gasteiger partial charge is 0.407 e. The molecule has 1 fully saturated rings. The minimum atomic E-state index is -0.998. The third-order valence-corrected chi connectivity index (χ3v) is 7.20. The minimum absolute atomic E-state index is 0.0709. The summed E-state index contributed by atoms with van der Waals surface area (Å²) in [6.07, 6.45) is 1.79. The Morgan fingerprint density at radius 1 is 1.06 bits per heavy atom. The Kier molecular flexibility index (Phi) is 7.20. The highest BCUT2D eigenvalue weighted by molar-refractivity contribution is 5.89. The molecule has 4 rings (SSSR count). The molecule has 1 saturated heterocycles. The van der Waals surface area contributed by atoms with Crippen LogP contribution in [-0.2, 0) is 14.3 Å². The van der Waals surface area contributed by atoms with E-state index in [0.29, 0.717) is 25.3 Å². The number of hydrogen-bond donors (Lipinski definition) is 2. The highest BCUT2D eigenvalue weighted by Gasteiger charge is 2.38. The number of hydrogen-bond acceptors (Lipinski definition) is 4. The molecule has 7 heteroatoms. The molecule has 0 radical (unpaired) electrons. The van der Waals surface area contributed by atoms with E-state index in [0.717, 1.165) is 35.1 Å². The maximum Gasteiger partial charge on any atom is 0.407 e. The Bertz CT molecular complexity index is 1020. The van der Waals surface area contributed by atoms with Crippen molar-refractivity contribution in [1.82, 2.24) is 10.2 Å². The predicted molar refractivity (Wildman–Crippen MR) is 128 cm³/mol. The summed E-state index contributed by atoms with van der Waals surface area (Å²) in [6, 6.07) is 14.5. The molecule has 2 N–H and O–H groups in total. The van der Waals surface area contributed by atoms with Crippen LogP contribution < -0.4 is 5.32 Å². The van der Waals surface area contributed by atoms with Crippen molar-refractivity contribution in [2.75, 3.05) is 13.2 Å². The molecule has 1 aliphatic carbocycles. The van der Waals surface area contributed by atoms with Crippen LogP contribution in [0.1, 0.15) is 56.6 Å². The van der Waals surface area contributed by atoms with Gasteiger partial charge in [0.2, 0.25) is 5.91 Å². The Labute approximate surface area is 200 Å². The predicted octanol–water partition coefficient (Wildman–Crippen LogP) is 4.41. The topological polar surface area (TPSA) is 95.9 Å². The number of ether oxygens (including phenoxy) is 1. The number of carboxylic acids is 1. The van der Waals surface area contributed by atoms with Crippen LogP contribution >= 0.6 is 0 Å². The highest BCUT2D eigenvalue weighted by atomic mass is 16.5. The number of carbonyl (C=O) groups is 3. The molecule has 0 aromatic heterocycles. The zero-order valence-corrected chi connectivity index (χ0v) is 19.7. The quantitative estimate of drug-likeness (QED) is 0.633. The van der Waals surface area contributed by atoms with Gasteiger partial charge in [-0.15, -0.1) is 0 Å². The number of carboxylic acid groups (broad SMARTS) is 1. The molecular formula is C27H32N2O5. The van der Waals surface area contributed by atoms with Crippen molar-refractivity contribution in [2.45, 2.75) is 57.5 Å². The lowest BCUT2D eigenvalue weighted by molar-refractivity contribution is -0.154. The summed E-state index contributed by atoms with van der Waals surface area (Å²) in [6.45, 7) is 4.37. The van der Waals surface area contributed by atoms with Gasteiger partial charge in [0.15, 0.2) is 0 Å². The second-order valence-electron chi connectivity index (χ2n) is 9.12. The van der Waals surface area contributed by atoms with E-state index in [-0.39, 0.29) is 18.4 Å². The van der Waals surface area contributed by atoms with Crippen LogP contribution in [0.2, 0.25) is 0 Å². The molecule has 1 aliphatic heterocycles. The average Bonchev–Trinajstić information content (AvgIpc) is 3.18. The van der Waals surface area contributed by atoms with E-state index >= 15 is 0 Å². The SMILES string of the molecule is CCC1CCN(C(=O)[C@@H](CC)NC(=O)OCC2c3ccccc3-c3ccccc32)C(C(=O)O)C1. The van der Waals surface area contributed by atoms with Crippen molar-refractivity contribution in [2.24, 2.45) is 5.92 Å². The molecule has 2 aliphatic rings. The van der Waals surface area contributed by atoms with Gasteiger partial charge in [0, 0.05) is 12.5 Å². The lowest BCUT2D eigenvalue weighted by Crippen LogP contribution is -2.56. The molecule has 2 aromatic rings. The maximum atomic E-state index is 13.2. The lowest BCUT2D eigenvalue weighted by atomic mass is 9.88. The van der Waals surface area contributed by atoms with Crippen LogP contribution in [0.5, 0.6) is 0 Å². The van der Waals surface area contributed by atoms with E-state index in [2.05, 4.69) is 17.4 Å². The summed E-state index contributed by atoms with van der Waals surface area (Å²) in [4.78, 5) is 39.0. The highest BCUT2D eigenvalue weighted by Crippen LogP contribution is 2.44. The zero-order chi connectivity index (χ0) is 24.2. The number of fused-ring (bicyclic) bond motifs is 3. The summed E-state index contributed by atoms with van der Waals surface area (Å²) in [5.41, 5.74) is 4.51.